The molecule has 1 saturated heterocycles. The van der Waals surface area contributed by atoms with Gasteiger partial charge >= 0.3 is 18.5 Å². The van der Waals surface area contributed by atoms with E-state index in [-0.39, 0.29) is 35.7 Å². The quantitative estimate of drug-likeness (QED) is 0.252. The second kappa shape index (κ2) is 12.3. The minimum Gasteiger partial charge on any atom is -0.330 e. The molecule has 3 aromatic rings. The van der Waals surface area contributed by atoms with Crippen molar-refractivity contribution in [1.29, 1.82) is 0 Å². The Morgan fingerprint density at radius 2 is 1.43 bits per heavy atom. The molecule has 0 saturated carbocycles. The van der Waals surface area contributed by atoms with Crippen LogP contribution >= 0.6 is 11.8 Å². The van der Waals surface area contributed by atoms with Crippen LogP contribution in [0.5, 0.6) is 0 Å². The maximum atomic E-state index is 13.8. The molecule has 2 heterocycles. The van der Waals surface area contributed by atoms with Crippen molar-refractivity contribution in [2.45, 2.75) is 51.0 Å². The molecule has 0 amide bonds. The fraction of sp³-hybridized carbons (Fsp3) is 0.500. The first-order chi connectivity index (χ1) is 19.6. The number of hydrogen-bond acceptors (Lipinski definition) is 6. The normalized spacial score (nSPS) is 16.1. The Labute approximate surface area is 239 Å². The number of hydrogen-bond donors (Lipinski definition) is 0. The third kappa shape index (κ3) is 7.68. The van der Waals surface area contributed by atoms with Crippen molar-refractivity contribution in [2.24, 2.45) is 7.05 Å². The Balaban J connectivity index is 1.81. The molecule has 1 aliphatic rings. The minimum absolute atomic E-state index is 0.0159. The predicted molar refractivity (Wildman–Crippen MR) is 139 cm³/mol. The zero-order valence-electron chi connectivity index (χ0n) is 22.5. The average Bonchev–Trinajstić information content (AvgIpc) is 3.34. The van der Waals surface area contributed by atoms with E-state index in [1.54, 1.807) is 11.8 Å². The highest BCUT2D eigenvalue weighted by Gasteiger charge is 2.37. The molecule has 0 bridgehead atoms. The molecule has 1 unspecified atom stereocenters. The molecule has 42 heavy (non-hydrogen) atoms. The molecule has 16 heteroatoms. The van der Waals surface area contributed by atoms with E-state index in [1.807, 2.05) is 6.92 Å². The van der Waals surface area contributed by atoms with Crippen molar-refractivity contribution in [1.82, 2.24) is 25.1 Å². The second-order valence-corrected chi connectivity index (χ2v) is 11.1. The van der Waals surface area contributed by atoms with Crippen LogP contribution < -0.4 is 4.90 Å². The fourth-order valence-corrected chi connectivity index (χ4v) is 5.87. The van der Waals surface area contributed by atoms with E-state index in [4.69, 9.17) is 0 Å². The smallest absolute Gasteiger partial charge is 0.330 e. The third-order valence-corrected chi connectivity index (χ3v) is 7.81. The lowest BCUT2D eigenvalue weighted by Gasteiger charge is -2.36. The Hall–Kier alpha value is -3.01. The van der Waals surface area contributed by atoms with E-state index >= 15 is 0 Å². The molecule has 1 aliphatic heterocycles. The van der Waals surface area contributed by atoms with Gasteiger partial charge in [-0.2, -0.15) is 56.1 Å². The molecule has 1 aromatic heterocycles. The summed E-state index contributed by atoms with van der Waals surface area (Å²) in [5, 5.41) is 11.6. The molecule has 0 radical (unpaired) electrons. The third-order valence-electron chi connectivity index (χ3n) is 6.87. The highest BCUT2D eigenvalue weighted by molar-refractivity contribution is 7.99. The molecule has 1 fully saturated rings. The Bertz CT molecular complexity index is 1330. The lowest BCUT2D eigenvalue weighted by Crippen LogP contribution is -2.36. The summed E-state index contributed by atoms with van der Waals surface area (Å²) in [6.45, 7) is 2.43. The van der Waals surface area contributed by atoms with Crippen LogP contribution in [0.2, 0.25) is 0 Å². The molecule has 4 rings (SSSR count). The summed E-state index contributed by atoms with van der Waals surface area (Å²) in [5.74, 6) is 1.52. The van der Waals surface area contributed by atoms with Gasteiger partial charge in [-0.15, -0.1) is 5.10 Å². The molecular weight excluding hydrogens is 599 g/mol. The van der Waals surface area contributed by atoms with Crippen molar-refractivity contribution in [2.75, 3.05) is 29.5 Å². The van der Waals surface area contributed by atoms with Crippen LogP contribution in [0.15, 0.2) is 36.4 Å². The predicted octanol–water partition coefficient (Wildman–Crippen LogP) is 6.97. The van der Waals surface area contributed by atoms with Gasteiger partial charge in [-0.1, -0.05) is 18.1 Å². The summed E-state index contributed by atoms with van der Waals surface area (Å²) in [5.41, 5.74) is -3.55. The standard InChI is InChI=1S/C26H27F9N6S/c1-3-22(40-6-8-42-9-7-40)21-5-4-18(24(27,28)29)12-17(21)15-41(23-36-38-39(2)37-23)14-16-10-19(25(30,31)32)13-20(11-16)26(33,34)35/h4-5,10-13,22H,3,6-9,14-15H2,1-2H3. The number of thioether (sulfide) groups is 1. The van der Waals surface area contributed by atoms with E-state index in [9.17, 15) is 39.5 Å². The van der Waals surface area contributed by atoms with Gasteiger partial charge in [-0.3, -0.25) is 4.90 Å². The monoisotopic (exact) mass is 626 g/mol. The number of anilines is 1. The van der Waals surface area contributed by atoms with Crippen LogP contribution in [-0.4, -0.2) is 49.7 Å². The number of halogens is 9. The van der Waals surface area contributed by atoms with E-state index in [0.29, 0.717) is 37.2 Å². The summed E-state index contributed by atoms with van der Waals surface area (Å²) in [4.78, 5) is 4.42. The summed E-state index contributed by atoms with van der Waals surface area (Å²) >= 11 is 1.76. The number of alkyl halides is 9. The first kappa shape index (κ1) is 31.9. The highest BCUT2D eigenvalue weighted by atomic mass is 32.2. The maximum Gasteiger partial charge on any atom is 0.416 e. The number of nitrogens with zero attached hydrogens (tertiary/aromatic N) is 6. The van der Waals surface area contributed by atoms with Gasteiger partial charge in [0.25, 0.3) is 5.95 Å². The van der Waals surface area contributed by atoms with Crippen LogP contribution in [0.25, 0.3) is 0 Å². The molecule has 2 aromatic carbocycles. The Kier molecular flexibility index (Phi) is 9.35. The van der Waals surface area contributed by atoms with E-state index in [2.05, 4.69) is 20.3 Å². The van der Waals surface area contributed by atoms with Gasteiger partial charge in [-0.05, 0) is 58.7 Å². The largest absolute Gasteiger partial charge is 0.416 e. The topological polar surface area (TPSA) is 50.1 Å². The van der Waals surface area contributed by atoms with E-state index in [1.165, 1.54) is 18.0 Å². The summed E-state index contributed by atoms with van der Waals surface area (Å²) in [6.07, 6.45) is -14.3. The summed E-state index contributed by atoms with van der Waals surface area (Å²) < 4.78 is 123. The molecule has 230 valence electrons. The lowest BCUT2D eigenvalue weighted by molar-refractivity contribution is -0.143. The molecule has 1 atom stereocenters. The minimum atomic E-state index is -5.07. The van der Waals surface area contributed by atoms with Gasteiger partial charge in [-0.25, -0.2) is 0 Å². The molecule has 6 nitrogen and oxygen atoms in total. The summed E-state index contributed by atoms with van der Waals surface area (Å²) in [6, 6.07) is 4.24. The first-order valence-electron chi connectivity index (χ1n) is 12.9. The van der Waals surface area contributed by atoms with Crippen LogP contribution in [0, 0.1) is 0 Å². The fourth-order valence-electron chi connectivity index (χ4n) is 4.94. The van der Waals surface area contributed by atoms with Crippen LogP contribution in [0.4, 0.5) is 45.5 Å². The molecular formula is C26H27F9N6S. The van der Waals surface area contributed by atoms with Gasteiger partial charge < -0.3 is 4.90 Å². The maximum absolute atomic E-state index is 13.8. The van der Waals surface area contributed by atoms with Gasteiger partial charge in [0.05, 0.1) is 23.7 Å². The van der Waals surface area contributed by atoms with Crippen molar-refractivity contribution >= 4 is 17.7 Å². The summed E-state index contributed by atoms with van der Waals surface area (Å²) in [7, 11) is 1.40. The zero-order valence-corrected chi connectivity index (χ0v) is 23.3. The average molecular weight is 627 g/mol. The van der Waals surface area contributed by atoms with Crippen molar-refractivity contribution < 1.29 is 39.5 Å². The Morgan fingerprint density at radius 3 is 1.93 bits per heavy atom. The number of tetrazole rings is 1. The number of aryl methyl sites for hydroxylation is 1. The van der Waals surface area contributed by atoms with Gasteiger partial charge in [0.1, 0.15) is 0 Å². The van der Waals surface area contributed by atoms with Crippen molar-refractivity contribution in [3.63, 3.8) is 0 Å². The molecule has 0 spiro atoms. The van der Waals surface area contributed by atoms with Crippen LogP contribution in [0.3, 0.4) is 0 Å². The SMILES string of the molecule is CCC(c1ccc(C(F)(F)F)cc1CN(Cc1cc(C(F)(F)F)cc(C(F)(F)F)c1)c1nnn(C)n1)N1CCSCC1. The van der Waals surface area contributed by atoms with Crippen LogP contribution in [-0.2, 0) is 38.7 Å². The van der Waals surface area contributed by atoms with Crippen molar-refractivity contribution in [3.05, 3.63) is 69.8 Å². The lowest BCUT2D eigenvalue weighted by atomic mass is 9.94. The van der Waals surface area contributed by atoms with Gasteiger partial charge in [0, 0.05) is 43.7 Å². The highest BCUT2D eigenvalue weighted by Crippen LogP contribution is 2.38. The second-order valence-electron chi connectivity index (χ2n) is 9.83. The first-order valence-corrected chi connectivity index (χ1v) is 14.0. The van der Waals surface area contributed by atoms with Crippen molar-refractivity contribution in [3.8, 4) is 0 Å². The zero-order chi connectivity index (χ0) is 30.9. The number of rotatable bonds is 8. The van der Waals surface area contributed by atoms with E-state index in [0.717, 1.165) is 28.4 Å². The van der Waals surface area contributed by atoms with Gasteiger partial charge in [0.2, 0.25) is 0 Å². The molecule has 0 aliphatic carbocycles. The van der Waals surface area contributed by atoms with Gasteiger partial charge in [0.15, 0.2) is 0 Å². The van der Waals surface area contributed by atoms with E-state index < -0.39 is 41.8 Å². The number of aromatic nitrogens is 4. The molecule has 0 N–H and O–H groups in total. The number of benzene rings is 2. The Morgan fingerprint density at radius 1 is 0.833 bits per heavy atom. The van der Waals surface area contributed by atoms with Crippen LogP contribution in [0.1, 0.15) is 52.8 Å².